The highest BCUT2D eigenvalue weighted by atomic mass is 35.5. The van der Waals surface area contributed by atoms with E-state index in [4.69, 9.17) is 35.3 Å². The number of fused-ring (bicyclic) bond motifs is 2. The fraction of sp³-hybridized carbons (Fsp3) is 0.444. The van der Waals surface area contributed by atoms with E-state index in [1.807, 2.05) is 0 Å². The molecule has 1 fully saturated rings. The number of benzene rings is 2. The van der Waals surface area contributed by atoms with E-state index < -0.39 is 37.3 Å². The molecule has 2 aliphatic heterocycles. The molecule has 6 atom stereocenters. The smallest absolute Gasteiger partial charge is 0.274 e. The summed E-state index contributed by atoms with van der Waals surface area (Å²) in [5.74, 6) is 1.29. The maximum atomic E-state index is 13.8. The van der Waals surface area contributed by atoms with Crippen LogP contribution in [0.15, 0.2) is 30.3 Å². The molecule has 40 heavy (non-hydrogen) atoms. The third-order valence-electron chi connectivity index (χ3n) is 7.32. The average Bonchev–Trinajstić information content (AvgIpc) is 3.57. The zero-order chi connectivity index (χ0) is 28.7. The molecule has 0 spiro atoms. The number of anilines is 1. The van der Waals surface area contributed by atoms with Crippen LogP contribution < -0.4 is 23.8 Å². The maximum Gasteiger partial charge on any atom is 0.274 e. The lowest BCUT2D eigenvalue weighted by Gasteiger charge is -2.39. The fourth-order valence-electron chi connectivity index (χ4n) is 5.22. The number of aliphatic hydroxyl groups excluding tert-OH is 4. The number of alkyl halides is 1. The summed E-state index contributed by atoms with van der Waals surface area (Å²) < 4.78 is 27.7. The first kappa shape index (κ1) is 28.3. The Morgan fingerprint density at radius 3 is 2.45 bits per heavy atom. The lowest BCUT2D eigenvalue weighted by molar-refractivity contribution is -0.277. The number of carbonyl (C=O) groups excluding carboxylic acids is 1. The maximum absolute atomic E-state index is 13.8. The second-order valence-corrected chi connectivity index (χ2v) is 9.90. The predicted molar refractivity (Wildman–Crippen MR) is 144 cm³/mol. The molecular weight excluding hydrogens is 548 g/mol. The minimum atomic E-state index is -1.58. The van der Waals surface area contributed by atoms with Crippen LogP contribution in [0.25, 0.3) is 10.9 Å². The molecule has 2 aromatic carbocycles. The first-order chi connectivity index (χ1) is 19.3. The number of aliphatic hydroxyl groups is 4. The minimum absolute atomic E-state index is 0.138. The number of rotatable bonds is 8. The number of hydrogen-bond donors (Lipinski definition) is 5. The van der Waals surface area contributed by atoms with Crippen molar-refractivity contribution in [2.75, 3.05) is 45.3 Å². The zero-order valence-electron chi connectivity index (χ0n) is 22.0. The van der Waals surface area contributed by atoms with Gasteiger partial charge in [0.25, 0.3) is 5.91 Å². The van der Waals surface area contributed by atoms with Crippen LogP contribution in [0.4, 0.5) is 5.69 Å². The molecule has 1 saturated heterocycles. The summed E-state index contributed by atoms with van der Waals surface area (Å²) in [5, 5.41) is 40.7. The van der Waals surface area contributed by atoms with Gasteiger partial charge in [0.2, 0.25) is 12.0 Å². The highest BCUT2D eigenvalue weighted by molar-refractivity contribution is 6.19. The van der Waals surface area contributed by atoms with Crippen molar-refractivity contribution in [2.45, 2.75) is 36.6 Å². The Kier molecular flexibility index (Phi) is 8.00. The van der Waals surface area contributed by atoms with Crippen molar-refractivity contribution in [1.82, 2.24) is 4.98 Å². The van der Waals surface area contributed by atoms with Gasteiger partial charge in [0.1, 0.15) is 35.9 Å². The van der Waals surface area contributed by atoms with Gasteiger partial charge < -0.3 is 54.0 Å². The number of hydrogen-bond acceptors (Lipinski definition) is 10. The van der Waals surface area contributed by atoms with Crippen LogP contribution in [0.2, 0.25) is 0 Å². The molecule has 216 valence electrons. The molecule has 1 unspecified atom stereocenters. The minimum Gasteiger partial charge on any atom is -0.493 e. The summed E-state index contributed by atoms with van der Waals surface area (Å²) in [6.07, 6.45) is -7.15. The summed E-state index contributed by atoms with van der Waals surface area (Å²) in [4.78, 5) is 18.5. The number of halogens is 1. The van der Waals surface area contributed by atoms with Gasteiger partial charge in [-0.3, -0.25) is 4.79 Å². The number of ether oxygens (including phenoxy) is 5. The van der Waals surface area contributed by atoms with Crippen molar-refractivity contribution in [1.29, 1.82) is 0 Å². The van der Waals surface area contributed by atoms with E-state index >= 15 is 0 Å². The van der Waals surface area contributed by atoms with E-state index in [0.29, 0.717) is 46.1 Å². The van der Waals surface area contributed by atoms with Crippen LogP contribution in [-0.4, -0.2) is 102 Å². The van der Waals surface area contributed by atoms with Gasteiger partial charge in [0, 0.05) is 29.8 Å². The van der Waals surface area contributed by atoms with Crippen molar-refractivity contribution < 1.29 is 48.9 Å². The molecule has 5 rings (SSSR count). The summed E-state index contributed by atoms with van der Waals surface area (Å²) in [7, 11) is 4.51. The highest BCUT2D eigenvalue weighted by Gasteiger charge is 2.45. The number of H-pyrrole nitrogens is 1. The Hall–Kier alpha value is -3.26. The van der Waals surface area contributed by atoms with E-state index in [1.54, 1.807) is 35.2 Å². The normalized spacial score (nSPS) is 26.1. The Morgan fingerprint density at radius 2 is 1.80 bits per heavy atom. The fourth-order valence-corrected chi connectivity index (χ4v) is 5.48. The summed E-state index contributed by atoms with van der Waals surface area (Å²) in [5.41, 5.74) is 2.25. The molecule has 1 amide bonds. The first-order valence-corrected chi connectivity index (χ1v) is 13.1. The highest BCUT2D eigenvalue weighted by Crippen LogP contribution is 2.44. The van der Waals surface area contributed by atoms with Crippen molar-refractivity contribution in [3.8, 4) is 23.0 Å². The van der Waals surface area contributed by atoms with Crippen molar-refractivity contribution in [3.63, 3.8) is 0 Å². The Morgan fingerprint density at radius 1 is 1.05 bits per heavy atom. The monoisotopic (exact) mass is 578 g/mol. The molecule has 3 heterocycles. The van der Waals surface area contributed by atoms with Gasteiger partial charge in [-0.2, -0.15) is 0 Å². The Labute approximate surface area is 234 Å². The molecule has 0 radical (unpaired) electrons. The Balaban J connectivity index is 1.47. The largest absolute Gasteiger partial charge is 0.493 e. The standard InChI is InChI=1S/C27H31ClN2O10/c1-36-18-7-12-6-16(29-20(12)25(38-3)24(18)37-2)26(35)30-10-13(9-28)15-5-4-14(8-17(15)30)39-27-23(34)22(33)21(32)19(11-31)40-27/h4-8,13,19,21-23,27,29,31-34H,9-11H2,1-3H3/t13?,19-,21+,22+,23-,27-/m1/s1. The number of nitrogens with zero attached hydrogens (tertiary/aromatic N) is 1. The second-order valence-electron chi connectivity index (χ2n) is 9.60. The SMILES string of the molecule is COc1cc2cc(C(=O)N3CC(CCl)c4ccc(O[C@@H]5O[C@H](CO)[C@H](O)[C@H](O)[C@H]5O)cc43)[nH]c2c(OC)c1OC. The van der Waals surface area contributed by atoms with Crippen LogP contribution >= 0.6 is 11.6 Å². The van der Waals surface area contributed by atoms with E-state index in [0.717, 1.165) is 5.56 Å². The van der Waals surface area contributed by atoms with Gasteiger partial charge in [-0.15, -0.1) is 11.6 Å². The van der Waals surface area contributed by atoms with E-state index in [2.05, 4.69) is 4.98 Å². The topological polar surface area (TPSA) is 163 Å². The first-order valence-electron chi connectivity index (χ1n) is 12.6. The molecule has 5 N–H and O–H groups in total. The molecule has 1 aromatic heterocycles. The number of methoxy groups -OCH3 is 3. The molecule has 0 aliphatic carbocycles. The molecule has 13 heteroatoms. The van der Waals surface area contributed by atoms with Gasteiger partial charge in [-0.1, -0.05) is 6.07 Å². The van der Waals surface area contributed by atoms with Gasteiger partial charge in [-0.05, 0) is 23.8 Å². The van der Waals surface area contributed by atoms with Crippen molar-refractivity contribution in [2.24, 2.45) is 0 Å². The van der Waals surface area contributed by atoms with E-state index in [9.17, 15) is 25.2 Å². The van der Waals surface area contributed by atoms with Crippen LogP contribution in [0.3, 0.4) is 0 Å². The van der Waals surface area contributed by atoms with Gasteiger partial charge in [-0.25, -0.2) is 0 Å². The van der Waals surface area contributed by atoms with Crippen LogP contribution in [0.1, 0.15) is 22.0 Å². The van der Waals surface area contributed by atoms with Gasteiger partial charge >= 0.3 is 0 Å². The van der Waals surface area contributed by atoms with E-state index in [-0.39, 0.29) is 23.5 Å². The Bertz CT molecular complexity index is 1400. The van der Waals surface area contributed by atoms with Gasteiger partial charge in [0.05, 0.1) is 39.1 Å². The lowest BCUT2D eigenvalue weighted by atomic mass is 9.99. The quantitative estimate of drug-likeness (QED) is 0.247. The molecule has 3 aromatic rings. The van der Waals surface area contributed by atoms with Crippen LogP contribution in [-0.2, 0) is 4.74 Å². The van der Waals surface area contributed by atoms with Crippen molar-refractivity contribution in [3.05, 3.63) is 41.6 Å². The third kappa shape index (κ3) is 4.70. The molecule has 0 bridgehead atoms. The lowest BCUT2D eigenvalue weighted by Crippen LogP contribution is -2.60. The summed E-state index contributed by atoms with van der Waals surface area (Å²) in [6.45, 7) is -0.262. The van der Waals surface area contributed by atoms with Crippen LogP contribution in [0, 0.1) is 0 Å². The molecule has 12 nitrogen and oxygen atoms in total. The predicted octanol–water partition coefficient (Wildman–Crippen LogP) is 1.36. The number of carbonyl (C=O) groups is 1. The molecule has 0 saturated carbocycles. The van der Waals surface area contributed by atoms with Crippen molar-refractivity contribution >= 4 is 34.1 Å². The number of aromatic nitrogens is 1. The molecular formula is C27H31ClN2O10. The van der Waals surface area contributed by atoms with Crippen LogP contribution in [0.5, 0.6) is 23.0 Å². The second kappa shape index (κ2) is 11.3. The average molecular weight is 579 g/mol. The van der Waals surface area contributed by atoms with E-state index in [1.165, 1.54) is 21.3 Å². The number of nitrogens with one attached hydrogen (secondary N) is 1. The summed E-state index contributed by atoms with van der Waals surface area (Å²) >= 11 is 6.25. The van der Waals surface area contributed by atoms with Gasteiger partial charge in [0.15, 0.2) is 11.5 Å². The zero-order valence-corrected chi connectivity index (χ0v) is 22.8. The molecule has 2 aliphatic rings. The third-order valence-corrected chi connectivity index (χ3v) is 7.69. The summed E-state index contributed by atoms with van der Waals surface area (Å²) in [6, 6.07) is 8.48. The number of aromatic amines is 1. The number of amides is 1.